The largest absolute Gasteiger partial charge is 0.425 e. The zero-order valence-corrected chi connectivity index (χ0v) is 20.7. The minimum atomic E-state index is -0.137. The molecule has 0 spiro atoms. The van der Waals surface area contributed by atoms with Gasteiger partial charge in [0.2, 0.25) is 0 Å². The van der Waals surface area contributed by atoms with Crippen molar-refractivity contribution in [2.75, 3.05) is 0 Å². The Bertz CT molecular complexity index is 1240. The fourth-order valence-electron chi connectivity index (χ4n) is 4.92. The Balaban J connectivity index is 1.46. The van der Waals surface area contributed by atoms with Crippen molar-refractivity contribution in [2.24, 2.45) is 5.92 Å². The van der Waals surface area contributed by atoms with Crippen LogP contribution >= 0.6 is 0 Å². The van der Waals surface area contributed by atoms with E-state index in [0.717, 1.165) is 35.1 Å². The number of hydrogen-bond acceptors (Lipinski definition) is 2. The molecule has 0 radical (unpaired) electrons. The molecule has 1 aliphatic rings. The molecular weight excluding hydrogens is 428 g/mol. The number of rotatable bonds is 5. The smallest absolute Gasteiger partial charge is 0.314 e. The van der Waals surface area contributed by atoms with Crippen molar-refractivity contribution in [3.05, 3.63) is 114 Å². The maximum Gasteiger partial charge on any atom is 0.314 e. The molecule has 1 fully saturated rings. The predicted octanol–water partition coefficient (Wildman–Crippen LogP) is 8.42. The number of carbonyl (C=O) groups is 1. The van der Waals surface area contributed by atoms with Gasteiger partial charge in [-0.3, -0.25) is 4.79 Å². The SMILES string of the molecule is CC(C)(C)c1ccc([C@H]2CC[C@@H]2C(=O)Oc2c(-c3ccccc3)cccc2-c2ccccc2)cc1. The van der Waals surface area contributed by atoms with E-state index in [2.05, 4.69) is 69.3 Å². The van der Waals surface area contributed by atoms with E-state index in [9.17, 15) is 4.79 Å². The average Bonchev–Trinajstić information content (AvgIpc) is 2.84. The van der Waals surface area contributed by atoms with Gasteiger partial charge in [0.25, 0.3) is 0 Å². The van der Waals surface area contributed by atoms with Gasteiger partial charge in [-0.15, -0.1) is 0 Å². The maximum absolute atomic E-state index is 13.5. The van der Waals surface area contributed by atoms with E-state index in [1.54, 1.807) is 0 Å². The zero-order valence-electron chi connectivity index (χ0n) is 20.7. The van der Waals surface area contributed by atoms with Crippen molar-refractivity contribution in [1.29, 1.82) is 0 Å². The van der Waals surface area contributed by atoms with Crippen molar-refractivity contribution >= 4 is 5.97 Å². The van der Waals surface area contributed by atoms with Gasteiger partial charge in [-0.05, 0) is 46.4 Å². The number of carbonyl (C=O) groups excluding carboxylic acids is 1. The summed E-state index contributed by atoms with van der Waals surface area (Å²) in [6.07, 6.45) is 1.87. The van der Waals surface area contributed by atoms with Crippen LogP contribution in [0.1, 0.15) is 50.7 Å². The predicted molar refractivity (Wildman–Crippen MR) is 144 cm³/mol. The van der Waals surface area contributed by atoms with E-state index in [1.165, 1.54) is 11.1 Å². The lowest BCUT2D eigenvalue weighted by Gasteiger charge is -2.35. The van der Waals surface area contributed by atoms with Crippen molar-refractivity contribution in [3.63, 3.8) is 0 Å². The molecular formula is C33H32O2. The summed E-state index contributed by atoms with van der Waals surface area (Å²) in [6.45, 7) is 6.67. The highest BCUT2D eigenvalue weighted by atomic mass is 16.5. The second-order valence-electron chi connectivity index (χ2n) is 10.5. The molecule has 0 aliphatic heterocycles. The van der Waals surface area contributed by atoms with Gasteiger partial charge in [-0.1, -0.05) is 124 Å². The molecule has 5 rings (SSSR count). The van der Waals surface area contributed by atoms with Crippen LogP contribution in [0.15, 0.2) is 103 Å². The molecule has 2 atom stereocenters. The van der Waals surface area contributed by atoms with Gasteiger partial charge in [0.1, 0.15) is 5.75 Å². The first-order chi connectivity index (χ1) is 16.9. The maximum atomic E-state index is 13.5. The average molecular weight is 461 g/mol. The molecule has 4 aromatic rings. The van der Waals surface area contributed by atoms with Gasteiger partial charge >= 0.3 is 5.97 Å². The normalized spacial score (nSPS) is 17.5. The Labute approximate surface area is 208 Å². The molecule has 35 heavy (non-hydrogen) atoms. The highest BCUT2D eigenvalue weighted by Gasteiger charge is 2.39. The number of ether oxygens (including phenoxy) is 1. The summed E-state index contributed by atoms with van der Waals surface area (Å²) in [7, 11) is 0. The third kappa shape index (κ3) is 4.79. The third-order valence-electron chi connectivity index (χ3n) is 7.17. The lowest BCUT2D eigenvalue weighted by Crippen LogP contribution is -2.34. The molecule has 2 nitrogen and oxygen atoms in total. The highest BCUT2D eigenvalue weighted by Crippen LogP contribution is 2.45. The minimum Gasteiger partial charge on any atom is -0.425 e. The molecule has 2 heteroatoms. The Morgan fingerprint density at radius 1 is 0.686 bits per heavy atom. The van der Waals surface area contributed by atoms with Crippen LogP contribution in [0.2, 0.25) is 0 Å². The van der Waals surface area contributed by atoms with Crippen molar-refractivity contribution in [2.45, 2.75) is 44.9 Å². The van der Waals surface area contributed by atoms with Crippen LogP contribution in [0, 0.1) is 5.92 Å². The quantitative estimate of drug-likeness (QED) is 0.221. The molecule has 176 valence electrons. The molecule has 4 aromatic carbocycles. The summed E-state index contributed by atoms with van der Waals surface area (Å²) in [5, 5.41) is 0. The lowest BCUT2D eigenvalue weighted by molar-refractivity contribution is -0.142. The lowest BCUT2D eigenvalue weighted by atomic mass is 9.69. The standard InChI is InChI=1S/C33H32O2/c1-33(2,3)26-19-17-25(18-20-26)27-21-22-30(27)32(34)35-31-28(23-11-6-4-7-12-23)15-10-16-29(31)24-13-8-5-9-14-24/h4-20,27,30H,21-22H2,1-3H3/t27-,30+/m1/s1. The van der Waals surface area contributed by atoms with Crippen molar-refractivity contribution in [1.82, 2.24) is 0 Å². The second kappa shape index (κ2) is 9.54. The highest BCUT2D eigenvalue weighted by molar-refractivity contribution is 5.87. The van der Waals surface area contributed by atoms with E-state index < -0.39 is 0 Å². The summed E-state index contributed by atoms with van der Waals surface area (Å²) < 4.78 is 6.28. The third-order valence-corrected chi connectivity index (χ3v) is 7.17. The molecule has 0 N–H and O–H groups in total. The van der Waals surface area contributed by atoms with Gasteiger partial charge in [-0.25, -0.2) is 0 Å². The summed E-state index contributed by atoms with van der Waals surface area (Å²) >= 11 is 0. The fourth-order valence-corrected chi connectivity index (χ4v) is 4.92. The van der Waals surface area contributed by atoms with E-state index in [0.29, 0.717) is 5.75 Å². The Kier molecular flexibility index (Phi) is 6.30. The number of hydrogen-bond donors (Lipinski definition) is 0. The van der Waals surface area contributed by atoms with Crippen LogP contribution in [0.3, 0.4) is 0 Å². The first-order valence-electron chi connectivity index (χ1n) is 12.5. The van der Waals surface area contributed by atoms with Gasteiger partial charge in [0, 0.05) is 11.1 Å². The molecule has 1 saturated carbocycles. The monoisotopic (exact) mass is 460 g/mol. The molecule has 0 saturated heterocycles. The van der Waals surface area contributed by atoms with Gasteiger partial charge in [0.05, 0.1) is 5.92 Å². The summed E-state index contributed by atoms with van der Waals surface area (Å²) in [5.41, 5.74) is 6.60. The van der Waals surface area contributed by atoms with Gasteiger partial charge < -0.3 is 4.74 Å². The van der Waals surface area contributed by atoms with Crippen molar-refractivity contribution < 1.29 is 9.53 Å². The Morgan fingerprint density at radius 2 is 1.23 bits per heavy atom. The summed E-state index contributed by atoms with van der Waals surface area (Å²) in [6, 6.07) is 35.2. The van der Waals surface area contributed by atoms with Crippen LogP contribution in [0.4, 0.5) is 0 Å². The van der Waals surface area contributed by atoms with Crippen LogP contribution in [-0.4, -0.2) is 5.97 Å². The minimum absolute atomic E-state index is 0.117. The summed E-state index contributed by atoms with van der Waals surface area (Å²) in [4.78, 5) is 13.5. The molecule has 0 bridgehead atoms. The van der Waals surface area contributed by atoms with Crippen LogP contribution in [0.25, 0.3) is 22.3 Å². The second-order valence-corrected chi connectivity index (χ2v) is 10.5. The number of benzene rings is 4. The molecule has 0 aromatic heterocycles. The molecule has 0 heterocycles. The Hall–Kier alpha value is -3.65. The van der Waals surface area contributed by atoms with E-state index in [1.807, 2.05) is 54.6 Å². The topological polar surface area (TPSA) is 26.3 Å². The first-order valence-corrected chi connectivity index (χ1v) is 12.5. The Morgan fingerprint density at radius 3 is 1.69 bits per heavy atom. The molecule has 1 aliphatic carbocycles. The number of para-hydroxylation sites is 1. The van der Waals surface area contributed by atoms with Gasteiger partial charge in [0.15, 0.2) is 0 Å². The van der Waals surface area contributed by atoms with Crippen LogP contribution in [0.5, 0.6) is 5.75 Å². The first kappa shape index (κ1) is 23.1. The van der Waals surface area contributed by atoms with Crippen LogP contribution in [-0.2, 0) is 10.2 Å². The van der Waals surface area contributed by atoms with E-state index >= 15 is 0 Å². The van der Waals surface area contributed by atoms with E-state index in [4.69, 9.17) is 4.74 Å². The molecule has 0 unspecified atom stereocenters. The number of esters is 1. The fraction of sp³-hybridized carbons (Fsp3) is 0.242. The van der Waals surface area contributed by atoms with Crippen LogP contribution < -0.4 is 4.74 Å². The summed E-state index contributed by atoms with van der Waals surface area (Å²) in [5.74, 6) is 0.592. The zero-order chi connectivity index (χ0) is 24.4. The molecule has 0 amide bonds. The van der Waals surface area contributed by atoms with E-state index in [-0.39, 0.29) is 23.2 Å². The van der Waals surface area contributed by atoms with Gasteiger partial charge in [-0.2, -0.15) is 0 Å². The van der Waals surface area contributed by atoms with Crippen molar-refractivity contribution in [3.8, 4) is 28.0 Å².